The Labute approximate surface area is 119 Å². The van der Waals surface area contributed by atoms with Gasteiger partial charge in [-0.05, 0) is 38.1 Å². The predicted molar refractivity (Wildman–Crippen MR) is 77.6 cm³/mol. The number of nitrogens with zero attached hydrogens (tertiary/aromatic N) is 1. The maximum atomic E-state index is 11.9. The lowest BCUT2D eigenvalue weighted by Crippen LogP contribution is -2.50. The van der Waals surface area contributed by atoms with Crippen molar-refractivity contribution >= 4 is 11.7 Å². The lowest BCUT2D eigenvalue weighted by molar-refractivity contribution is -0.0442. The van der Waals surface area contributed by atoms with Crippen LogP contribution in [-0.4, -0.2) is 49.3 Å². The molecule has 0 spiro atoms. The van der Waals surface area contributed by atoms with Crippen molar-refractivity contribution in [2.24, 2.45) is 0 Å². The molecule has 0 radical (unpaired) electrons. The largest absolute Gasteiger partial charge is 0.461 e. The number of carbonyl (C=O) groups excluding carboxylic acids is 1. The van der Waals surface area contributed by atoms with Crippen LogP contribution in [-0.2, 0) is 9.47 Å². The maximum absolute atomic E-state index is 11.9. The van der Waals surface area contributed by atoms with Crippen LogP contribution in [0.4, 0.5) is 5.69 Å². The van der Waals surface area contributed by atoms with Crippen LogP contribution < -0.4 is 5.73 Å². The van der Waals surface area contributed by atoms with Gasteiger partial charge in [0.2, 0.25) is 0 Å². The molecule has 5 nitrogen and oxygen atoms in total. The molecule has 20 heavy (non-hydrogen) atoms. The minimum Gasteiger partial charge on any atom is -0.461 e. The summed E-state index contributed by atoms with van der Waals surface area (Å²) in [5.74, 6) is -0.307. The zero-order chi connectivity index (χ0) is 14.5. The van der Waals surface area contributed by atoms with Gasteiger partial charge in [0.05, 0.1) is 18.8 Å². The van der Waals surface area contributed by atoms with Gasteiger partial charge in [0.25, 0.3) is 0 Å². The standard InChI is InChI=1S/C15H22N2O3/c1-11-9-19-10-12(2)17(11)7-8-20-15(18)13-3-5-14(16)6-4-13/h3-6,11-12H,7-10,16H2,1-2H3. The molecule has 2 rings (SSSR count). The number of nitrogens with two attached hydrogens (primary N) is 1. The third-order valence-electron chi connectivity index (χ3n) is 3.58. The summed E-state index contributed by atoms with van der Waals surface area (Å²) in [4.78, 5) is 14.2. The monoisotopic (exact) mass is 278 g/mol. The van der Waals surface area contributed by atoms with E-state index < -0.39 is 0 Å². The lowest BCUT2D eigenvalue weighted by Gasteiger charge is -2.38. The van der Waals surface area contributed by atoms with E-state index in [9.17, 15) is 4.79 Å². The van der Waals surface area contributed by atoms with Crippen molar-refractivity contribution < 1.29 is 14.3 Å². The SMILES string of the molecule is CC1COCC(C)N1CCOC(=O)c1ccc(N)cc1. The first kappa shape index (κ1) is 14.8. The Morgan fingerprint density at radius 3 is 2.50 bits per heavy atom. The number of anilines is 1. The van der Waals surface area contributed by atoms with Crippen molar-refractivity contribution in [2.45, 2.75) is 25.9 Å². The third kappa shape index (κ3) is 3.71. The van der Waals surface area contributed by atoms with E-state index in [1.165, 1.54) is 0 Å². The van der Waals surface area contributed by atoms with Gasteiger partial charge in [0, 0.05) is 24.3 Å². The number of hydrogen-bond acceptors (Lipinski definition) is 5. The van der Waals surface area contributed by atoms with Crippen molar-refractivity contribution in [3.8, 4) is 0 Å². The van der Waals surface area contributed by atoms with Gasteiger partial charge in [-0.3, -0.25) is 4.90 Å². The van der Waals surface area contributed by atoms with Crippen LogP contribution in [0.3, 0.4) is 0 Å². The van der Waals surface area contributed by atoms with Gasteiger partial charge >= 0.3 is 5.97 Å². The van der Waals surface area contributed by atoms with E-state index in [4.69, 9.17) is 15.2 Å². The van der Waals surface area contributed by atoms with E-state index in [2.05, 4.69) is 18.7 Å². The topological polar surface area (TPSA) is 64.8 Å². The number of carbonyl (C=O) groups is 1. The first-order chi connectivity index (χ1) is 9.58. The summed E-state index contributed by atoms with van der Waals surface area (Å²) in [5.41, 5.74) is 6.75. The molecule has 0 aromatic heterocycles. The quantitative estimate of drug-likeness (QED) is 0.668. The number of hydrogen-bond donors (Lipinski definition) is 1. The highest BCUT2D eigenvalue weighted by atomic mass is 16.5. The second-order valence-corrected chi connectivity index (χ2v) is 5.23. The van der Waals surface area contributed by atoms with Crippen LogP contribution in [0, 0.1) is 0 Å². The molecule has 1 heterocycles. The second kappa shape index (κ2) is 6.72. The third-order valence-corrected chi connectivity index (χ3v) is 3.58. The van der Waals surface area contributed by atoms with E-state index in [-0.39, 0.29) is 5.97 Å². The molecular formula is C15H22N2O3. The van der Waals surface area contributed by atoms with Crippen LogP contribution in [0.25, 0.3) is 0 Å². The first-order valence-corrected chi connectivity index (χ1v) is 6.94. The average Bonchev–Trinajstić information content (AvgIpc) is 2.42. The fourth-order valence-electron chi connectivity index (χ4n) is 2.42. The molecule has 1 fully saturated rings. The smallest absolute Gasteiger partial charge is 0.338 e. The van der Waals surface area contributed by atoms with Gasteiger partial charge in [-0.2, -0.15) is 0 Å². The molecule has 1 aromatic rings. The van der Waals surface area contributed by atoms with E-state index in [1.807, 2.05) is 0 Å². The summed E-state index contributed by atoms with van der Waals surface area (Å²) >= 11 is 0. The normalized spacial score (nSPS) is 23.5. The number of benzene rings is 1. The van der Waals surface area contributed by atoms with Gasteiger partial charge in [-0.25, -0.2) is 4.79 Å². The van der Waals surface area contributed by atoms with Gasteiger partial charge < -0.3 is 15.2 Å². The summed E-state index contributed by atoms with van der Waals surface area (Å²) in [5, 5.41) is 0. The minimum atomic E-state index is -0.307. The minimum absolute atomic E-state index is 0.307. The fourth-order valence-corrected chi connectivity index (χ4v) is 2.42. The van der Waals surface area contributed by atoms with Crippen LogP contribution in [0.15, 0.2) is 24.3 Å². The van der Waals surface area contributed by atoms with Crippen molar-refractivity contribution in [2.75, 3.05) is 32.1 Å². The molecule has 2 N–H and O–H groups in total. The molecule has 1 aliphatic heterocycles. The molecule has 2 atom stereocenters. The van der Waals surface area contributed by atoms with E-state index >= 15 is 0 Å². The summed E-state index contributed by atoms with van der Waals surface area (Å²) in [6, 6.07) is 7.46. The molecule has 110 valence electrons. The van der Waals surface area contributed by atoms with Crippen LogP contribution in [0.1, 0.15) is 24.2 Å². The number of nitrogen functional groups attached to an aromatic ring is 1. The summed E-state index contributed by atoms with van der Waals surface area (Å²) in [6.45, 7) is 6.83. The number of morpholine rings is 1. The molecular weight excluding hydrogens is 256 g/mol. The summed E-state index contributed by atoms with van der Waals surface area (Å²) in [7, 11) is 0. The zero-order valence-electron chi connectivity index (χ0n) is 12.0. The van der Waals surface area contributed by atoms with Gasteiger partial charge in [-0.15, -0.1) is 0 Å². The molecule has 2 unspecified atom stereocenters. The Bertz CT molecular complexity index is 437. The van der Waals surface area contributed by atoms with Crippen molar-refractivity contribution in [3.05, 3.63) is 29.8 Å². The van der Waals surface area contributed by atoms with E-state index in [0.29, 0.717) is 29.9 Å². The Balaban J connectivity index is 1.80. The van der Waals surface area contributed by atoms with E-state index in [0.717, 1.165) is 19.8 Å². The lowest BCUT2D eigenvalue weighted by atomic mass is 10.2. The number of esters is 1. The summed E-state index contributed by atoms with van der Waals surface area (Å²) < 4.78 is 10.8. The molecule has 0 saturated carbocycles. The van der Waals surface area contributed by atoms with Gasteiger partial charge in [0.15, 0.2) is 0 Å². The van der Waals surface area contributed by atoms with Crippen LogP contribution in [0.2, 0.25) is 0 Å². The molecule has 1 aliphatic rings. The average molecular weight is 278 g/mol. The zero-order valence-corrected chi connectivity index (χ0v) is 12.0. The Hall–Kier alpha value is -1.59. The highest BCUT2D eigenvalue weighted by Crippen LogP contribution is 2.12. The van der Waals surface area contributed by atoms with E-state index in [1.54, 1.807) is 24.3 Å². The van der Waals surface area contributed by atoms with Gasteiger partial charge in [0.1, 0.15) is 6.61 Å². The molecule has 0 amide bonds. The van der Waals surface area contributed by atoms with Crippen molar-refractivity contribution in [1.82, 2.24) is 4.90 Å². The predicted octanol–water partition coefficient (Wildman–Crippen LogP) is 1.53. The first-order valence-electron chi connectivity index (χ1n) is 6.94. The molecule has 5 heteroatoms. The highest BCUT2D eigenvalue weighted by Gasteiger charge is 2.25. The molecule has 0 bridgehead atoms. The van der Waals surface area contributed by atoms with Crippen LogP contribution >= 0.6 is 0 Å². The molecule has 1 aromatic carbocycles. The second-order valence-electron chi connectivity index (χ2n) is 5.23. The molecule has 0 aliphatic carbocycles. The van der Waals surface area contributed by atoms with Gasteiger partial charge in [-0.1, -0.05) is 0 Å². The fraction of sp³-hybridized carbons (Fsp3) is 0.533. The summed E-state index contributed by atoms with van der Waals surface area (Å²) in [6.07, 6.45) is 0. The maximum Gasteiger partial charge on any atom is 0.338 e. The Morgan fingerprint density at radius 1 is 1.30 bits per heavy atom. The number of ether oxygens (including phenoxy) is 2. The van der Waals surface area contributed by atoms with Crippen molar-refractivity contribution in [1.29, 1.82) is 0 Å². The number of rotatable bonds is 4. The Morgan fingerprint density at radius 2 is 1.90 bits per heavy atom. The Kier molecular flexibility index (Phi) is 4.98. The molecule has 1 saturated heterocycles. The van der Waals surface area contributed by atoms with Crippen LogP contribution in [0.5, 0.6) is 0 Å². The highest BCUT2D eigenvalue weighted by molar-refractivity contribution is 5.89. The van der Waals surface area contributed by atoms with Crippen molar-refractivity contribution in [3.63, 3.8) is 0 Å².